The predicted molar refractivity (Wildman–Crippen MR) is 101 cm³/mol. The summed E-state index contributed by atoms with van der Waals surface area (Å²) in [6, 6.07) is 6.08. The van der Waals surface area contributed by atoms with Crippen molar-refractivity contribution in [3.63, 3.8) is 0 Å². The van der Waals surface area contributed by atoms with E-state index >= 15 is 0 Å². The Hall–Kier alpha value is -3.78. The number of H-pyrrole nitrogens is 1. The molecule has 0 aliphatic carbocycles. The third kappa shape index (κ3) is 4.44. The van der Waals surface area contributed by atoms with Crippen molar-refractivity contribution in [2.24, 2.45) is 0 Å². The lowest BCUT2D eigenvalue weighted by Gasteiger charge is -2.26. The van der Waals surface area contributed by atoms with Crippen LogP contribution in [0.1, 0.15) is 20.8 Å². The molecule has 4 N–H and O–H groups in total. The second-order valence-electron chi connectivity index (χ2n) is 6.15. The normalized spacial score (nSPS) is 14.6. The van der Waals surface area contributed by atoms with Crippen molar-refractivity contribution in [3.8, 4) is 0 Å². The Morgan fingerprint density at radius 2 is 1.90 bits per heavy atom. The summed E-state index contributed by atoms with van der Waals surface area (Å²) >= 11 is 0. The van der Waals surface area contributed by atoms with Crippen molar-refractivity contribution in [3.05, 3.63) is 57.9 Å². The molecule has 2 aromatic rings. The van der Waals surface area contributed by atoms with E-state index in [4.69, 9.17) is 0 Å². The van der Waals surface area contributed by atoms with Crippen LogP contribution in [-0.2, 0) is 14.8 Å². The van der Waals surface area contributed by atoms with Crippen LogP contribution in [0.2, 0.25) is 0 Å². The zero-order valence-corrected chi connectivity index (χ0v) is 16.1. The first-order valence-corrected chi connectivity index (χ1v) is 9.93. The highest BCUT2D eigenvalue weighted by molar-refractivity contribution is 7.89. The summed E-state index contributed by atoms with van der Waals surface area (Å²) in [5.74, 6) is -2.07. The molecule has 0 saturated carbocycles. The fourth-order valence-electron chi connectivity index (χ4n) is 2.64. The van der Waals surface area contributed by atoms with Gasteiger partial charge in [-0.05, 0) is 18.2 Å². The molecule has 1 aromatic carbocycles. The number of nitrogens with one attached hydrogen (secondary N) is 4. The number of hydrogen-bond acceptors (Lipinski definition) is 7. The molecule has 0 unspecified atom stereocenters. The number of sulfonamides is 1. The van der Waals surface area contributed by atoms with E-state index in [1.165, 1.54) is 18.2 Å². The Morgan fingerprint density at radius 1 is 1.17 bits per heavy atom. The molecule has 158 valence electrons. The number of carbonyl (C=O) groups is 3. The first kappa shape index (κ1) is 20.9. The number of nitrogens with zero attached hydrogens (tertiary/aromatic N) is 2. The van der Waals surface area contributed by atoms with Gasteiger partial charge in [0.1, 0.15) is 5.69 Å². The summed E-state index contributed by atoms with van der Waals surface area (Å²) in [6.07, 6.45) is 1.02. The van der Waals surface area contributed by atoms with Gasteiger partial charge in [0, 0.05) is 24.7 Å². The largest absolute Gasteiger partial charge is 0.354 e. The molecule has 0 spiro atoms. The van der Waals surface area contributed by atoms with E-state index < -0.39 is 32.7 Å². The van der Waals surface area contributed by atoms with Gasteiger partial charge in [-0.15, -0.1) is 0 Å². The summed E-state index contributed by atoms with van der Waals surface area (Å²) in [5, 5.41) is 13.2. The monoisotopic (exact) mass is 436 g/mol. The molecule has 3 amide bonds. The lowest BCUT2D eigenvalue weighted by Crippen LogP contribution is -2.49. The van der Waals surface area contributed by atoms with Gasteiger partial charge in [0.05, 0.1) is 22.6 Å². The standard InChI is InChI=1S/C16H16N6O7S/c23-14-9-21(5-4-17-14)30(28,29)12-3-1-2-10(6-12)15(24)19-20-16(25)13-7-11(8-18-13)22(26)27/h1-3,6-8,18H,4-5,9H2,(H,17,23)(H,19,24)(H,20,25). The molecule has 2 heterocycles. The van der Waals surface area contributed by atoms with Crippen LogP contribution in [0.3, 0.4) is 0 Å². The molecule has 1 aliphatic heterocycles. The van der Waals surface area contributed by atoms with E-state index in [1.807, 2.05) is 0 Å². The van der Waals surface area contributed by atoms with Gasteiger partial charge in [-0.2, -0.15) is 4.31 Å². The Kier molecular flexibility index (Phi) is 5.79. The molecule has 1 fully saturated rings. The number of aromatic amines is 1. The molecule has 1 aromatic heterocycles. The zero-order chi connectivity index (χ0) is 21.9. The van der Waals surface area contributed by atoms with Crippen molar-refractivity contribution < 1.29 is 27.7 Å². The fraction of sp³-hybridized carbons (Fsp3) is 0.188. The van der Waals surface area contributed by atoms with Crippen LogP contribution in [0.15, 0.2) is 41.4 Å². The number of carbonyl (C=O) groups excluding carboxylic acids is 3. The van der Waals surface area contributed by atoms with E-state index in [0.29, 0.717) is 0 Å². The first-order valence-electron chi connectivity index (χ1n) is 8.49. The highest BCUT2D eigenvalue weighted by atomic mass is 32.2. The summed E-state index contributed by atoms with van der Waals surface area (Å²) in [4.78, 5) is 47.9. The lowest BCUT2D eigenvalue weighted by molar-refractivity contribution is -0.384. The Bertz CT molecular complexity index is 1130. The number of amides is 3. The molecule has 0 bridgehead atoms. The van der Waals surface area contributed by atoms with Crippen LogP contribution in [-0.4, -0.2) is 60.0 Å². The van der Waals surface area contributed by atoms with Crippen LogP contribution in [0.5, 0.6) is 0 Å². The van der Waals surface area contributed by atoms with Gasteiger partial charge in [0.25, 0.3) is 17.5 Å². The topological polar surface area (TPSA) is 184 Å². The molecule has 30 heavy (non-hydrogen) atoms. The van der Waals surface area contributed by atoms with E-state index in [9.17, 15) is 32.9 Å². The van der Waals surface area contributed by atoms with Gasteiger partial charge in [-0.3, -0.25) is 35.3 Å². The maximum atomic E-state index is 12.7. The molecule has 14 heteroatoms. The third-order valence-electron chi connectivity index (χ3n) is 4.15. The number of aromatic nitrogens is 1. The fourth-order valence-corrected chi connectivity index (χ4v) is 4.08. The quantitative estimate of drug-likeness (QED) is 0.346. The molecule has 1 saturated heterocycles. The van der Waals surface area contributed by atoms with Crippen LogP contribution >= 0.6 is 0 Å². The molecule has 0 radical (unpaired) electrons. The SMILES string of the molecule is O=C1CN(S(=O)(=O)c2cccc(C(=O)NNC(=O)c3cc([N+](=O)[O-])c[nH]3)c2)CCN1. The molecular formula is C16H16N6O7S. The van der Waals surface area contributed by atoms with Gasteiger partial charge in [-0.25, -0.2) is 8.42 Å². The lowest BCUT2D eigenvalue weighted by atomic mass is 10.2. The highest BCUT2D eigenvalue weighted by Gasteiger charge is 2.29. The number of hydrazine groups is 1. The zero-order valence-electron chi connectivity index (χ0n) is 15.2. The second-order valence-corrected chi connectivity index (χ2v) is 8.09. The number of benzene rings is 1. The number of nitro groups is 1. The first-order chi connectivity index (χ1) is 14.2. The van der Waals surface area contributed by atoms with Crippen molar-refractivity contribution in [1.82, 2.24) is 25.5 Å². The van der Waals surface area contributed by atoms with Crippen LogP contribution in [0.25, 0.3) is 0 Å². The molecule has 1 aliphatic rings. The van der Waals surface area contributed by atoms with E-state index in [1.54, 1.807) is 0 Å². The Morgan fingerprint density at radius 3 is 2.57 bits per heavy atom. The number of hydrogen-bond donors (Lipinski definition) is 4. The highest BCUT2D eigenvalue weighted by Crippen LogP contribution is 2.18. The van der Waals surface area contributed by atoms with Gasteiger partial charge in [-0.1, -0.05) is 6.07 Å². The van der Waals surface area contributed by atoms with E-state index in [0.717, 1.165) is 22.6 Å². The summed E-state index contributed by atoms with van der Waals surface area (Å²) in [6.45, 7) is -0.0406. The Labute approximate surface area is 169 Å². The maximum absolute atomic E-state index is 12.7. The van der Waals surface area contributed by atoms with Crippen molar-refractivity contribution in [2.75, 3.05) is 19.6 Å². The average Bonchev–Trinajstić information content (AvgIpc) is 3.22. The predicted octanol–water partition coefficient (Wildman–Crippen LogP) is -0.882. The molecule has 0 atom stereocenters. The van der Waals surface area contributed by atoms with Crippen LogP contribution in [0.4, 0.5) is 5.69 Å². The molecule has 13 nitrogen and oxygen atoms in total. The van der Waals surface area contributed by atoms with Gasteiger partial charge >= 0.3 is 0 Å². The minimum Gasteiger partial charge on any atom is -0.354 e. The minimum atomic E-state index is -3.99. The number of rotatable bonds is 5. The van der Waals surface area contributed by atoms with Crippen molar-refractivity contribution >= 4 is 33.4 Å². The summed E-state index contributed by atoms with van der Waals surface area (Å²) in [5.41, 5.74) is 3.64. The van der Waals surface area contributed by atoms with E-state index in [2.05, 4.69) is 21.2 Å². The average molecular weight is 436 g/mol. The van der Waals surface area contributed by atoms with Gasteiger partial charge in [0.15, 0.2) is 0 Å². The molecule has 3 rings (SSSR count). The smallest absolute Gasteiger partial charge is 0.287 e. The minimum absolute atomic E-state index is 0.0599. The number of piperazine rings is 1. The maximum Gasteiger partial charge on any atom is 0.287 e. The third-order valence-corrected chi connectivity index (χ3v) is 5.99. The van der Waals surface area contributed by atoms with Gasteiger partial charge in [0.2, 0.25) is 15.9 Å². The second kappa shape index (κ2) is 8.30. The van der Waals surface area contributed by atoms with Crippen LogP contribution < -0.4 is 16.2 Å². The van der Waals surface area contributed by atoms with Crippen molar-refractivity contribution in [1.29, 1.82) is 0 Å². The van der Waals surface area contributed by atoms with E-state index in [-0.39, 0.29) is 41.5 Å². The van der Waals surface area contributed by atoms with Crippen LogP contribution in [0, 0.1) is 10.1 Å². The summed E-state index contributed by atoms with van der Waals surface area (Å²) < 4.78 is 26.4. The molecular weight excluding hydrogens is 420 g/mol. The van der Waals surface area contributed by atoms with Crippen molar-refractivity contribution in [2.45, 2.75) is 4.90 Å². The summed E-state index contributed by atoms with van der Waals surface area (Å²) in [7, 11) is -3.99. The van der Waals surface area contributed by atoms with Gasteiger partial charge < -0.3 is 10.3 Å². The Balaban J connectivity index is 1.69.